The summed E-state index contributed by atoms with van der Waals surface area (Å²) in [6.07, 6.45) is 0. The van der Waals surface area contributed by atoms with E-state index in [1.807, 2.05) is 0 Å². The van der Waals surface area contributed by atoms with Crippen molar-refractivity contribution in [3.8, 4) is 0 Å². The van der Waals surface area contributed by atoms with Crippen molar-refractivity contribution in [2.24, 2.45) is 0 Å². The SMILES string of the molecule is Nc1ccccc1S(=O)(=O)N1CCS(=O)CC1. The summed E-state index contributed by atoms with van der Waals surface area (Å²) in [4.78, 5) is 0.132. The van der Waals surface area contributed by atoms with Gasteiger partial charge in [-0.1, -0.05) is 12.1 Å². The molecular formula is C10H14N2O3S2. The number of rotatable bonds is 2. The summed E-state index contributed by atoms with van der Waals surface area (Å²) in [6, 6.07) is 6.40. The van der Waals surface area contributed by atoms with Crippen molar-refractivity contribution in [2.45, 2.75) is 4.90 Å². The van der Waals surface area contributed by atoms with Crippen molar-refractivity contribution >= 4 is 26.5 Å². The zero-order valence-corrected chi connectivity index (χ0v) is 10.8. The van der Waals surface area contributed by atoms with Gasteiger partial charge in [0.05, 0.1) is 5.69 Å². The standard InChI is InChI=1S/C10H14N2O3S2/c11-9-3-1-2-4-10(9)17(14,15)12-5-7-16(13)8-6-12/h1-4H,5-8,11H2. The van der Waals surface area contributed by atoms with Crippen LogP contribution in [0.1, 0.15) is 0 Å². The number of nitrogens with two attached hydrogens (primary N) is 1. The average Bonchev–Trinajstić information content (AvgIpc) is 2.30. The predicted octanol–water partition coefficient (Wildman–Crippen LogP) is 0.0218. The van der Waals surface area contributed by atoms with Gasteiger partial charge in [0.2, 0.25) is 10.0 Å². The van der Waals surface area contributed by atoms with E-state index in [0.29, 0.717) is 24.6 Å². The van der Waals surface area contributed by atoms with Gasteiger partial charge in [0.1, 0.15) is 4.90 Å². The highest BCUT2D eigenvalue weighted by Crippen LogP contribution is 2.22. The Bertz CT molecular complexity index is 532. The van der Waals surface area contributed by atoms with Gasteiger partial charge in [-0.3, -0.25) is 4.21 Å². The van der Waals surface area contributed by atoms with Crippen LogP contribution in [0.15, 0.2) is 29.2 Å². The molecule has 94 valence electrons. The Labute approximate surface area is 103 Å². The lowest BCUT2D eigenvalue weighted by Crippen LogP contribution is -2.41. The normalized spacial score (nSPS) is 19.3. The van der Waals surface area contributed by atoms with E-state index in [2.05, 4.69) is 0 Å². The second-order valence-corrected chi connectivity index (χ2v) is 7.39. The largest absolute Gasteiger partial charge is 0.398 e. The molecule has 0 saturated carbocycles. The van der Waals surface area contributed by atoms with Crippen LogP contribution in [0.4, 0.5) is 5.69 Å². The number of para-hydroxylation sites is 1. The van der Waals surface area contributed by atoms with Crippen molar-refractivity contribution in [1.29, 1.82) is 0 Å². The van der Waals surface area contributed by atoms with E-state index in [1.54, 1.807) is 18.2 Å². The van der Waals surface area contributed by atoms with Gasteiger partial charge in [-0.15, -0.1) is 0 Å². The molecule has 2 rings (SSSR count). The molecule has 1 heterocycles. The molecule has 1 aromatic rings. The van der Waals surface area contributed by atoms with E-state index in [-0.39, 0.29) is 10.6 Å². The molecule has 5 nitrogen and oxygen atoms in total. The molecule has 1 aromatic carbocycles. The Balaban J connectivity index is 2.31. The topological polar surface area (TPSA) is 80.5 Å². The number of nitrogens with zero attached hydrogens (tertiary/aromatic N) is 1. The number of nitrogen functional groups attached to an aromatic ring is 1. The first-order chi connectivity index (χ1) is 8.01. The Morgan fingerprint density at radius 2 is 1.76 bits per heavy atom. The maximum atomic E-state index is 12.3. The number of benzene rings is 1. The third kappa shape index (κ3) is 2.51. The summed E-state index contributed by atoms with van der Waals surface area (Å²) in [7, 11) is -4.44. The molecule has 0 spiro atoms. The Morgan fingerprint density at radius 3 is 2.35 bits per heavy atom. The zero-order chi connectivity index (χ0) is 12.5. The molecule has 0 bridgehead atoms. The van der Waals surface area contributed by atoms with Crippen LogP contribution >= 0.6 is 0 Å². The van der Waals surface area contributed by atoms with Crippen LogP contribution in [-0.4, -0.2) is 41.5 Å². The van der Waals surface area contributed by atoms with E-state index in [0.717, 1.165) is 0 Å². The molecule has 0 atom stereocenters. The minimum Gasteiger partial charge on any atom is -0.398 e. The zero-order valence-electron chi connectivity index (χ0n) is 9.20. The van der Waals surface area contributed by atoms with Crippen molar-refractivity contribution in [3.63, 3.8) is 0 Å². The maximum absolute atomic E-state index is 12.3. The van der Waals surface area contributed by atoms with Crippen molar-refractivity contribution < 1.29 is 12.6 Å². The van der Waals surface area contributed by atoms with Gasteiger partial charge in [-0.2, -0.15) is 4.31 Å². The number of hydrogen-bond donors (Lipinski definition) is 1. The molecule has 0 radical (unpaired) electrons. The Morgan fingerprint density at radius 1 is 1.18 bits per heavy atom. The third-order valence-corrected chi connectivity index (χ3v) is 5.92. The van der Waals surface area contributed by atoms with Crippen LogP contribution in [0.2, 0.25) is 0 Å². The van der Waals surface area contributed by atoms with Gasteiger partial charge in [0.25, 0.3) is 0 Å². The Kier molecular flexibility index (Phi) is 3.50. The highest BCUT2D eigenvalue weighted by atomic mass is 32.2. The molecule has 1 aliphatic heterocycles. The summed E-state index contributed by atoms with van der Waals surface area (Å²) in [5.41, 5.74) is 5.92. The van der Waals surface area contributed by atoms with Gasteiger partial charge in [0, 0.05) is 35.4 Å². The summed E-state index contributed by atoms with van der Waals surface area (Å²) < 4.78 is 37.1. The molecule has 0 aliphatic carbocycles. The van der Waals surface area contributed by atoms with Crippen molar-refractivity contribution in [3.05, 3.63) is 24.3 Å². The second kappa shape index (κ2) is 4.75. The lowest BCUT2D eigenvalue weighted by atomic mass is 10.3. The molecule has 2 N–H and O–H groups in total. The minimum absolute atomic E-state index is 0.132. The first-order valence-corrected chi connectivity index (χ1v) is 8.14. The number of sulfonamides is 1. The van der Waals surface area contributed by atoms with Crippen molar-refractivity contribution in [1.82, 2.24) is 4.31 Å². The highest BCUT2D eigenvalue weighted by molar-refractivity contribution is 7.89. The maximum Gasteiger partial charge on any atom is 0.245 e. The highest BCUT2D eigenvalue weighted by Gasteiger charge is 2.29. The minimum atomic E-state index is -3.54. The summed E-state index contributed by atoms with van der Waals surface area (Å²) in [6.45, 7) is 0.590. The fourth-order valence-corrected chi connectivity index (χ4v) is 4.56. The molecule has 0 unspecified atom stereocenters. The summed E-state index contributed by atoms with van der Waals surface area (Å²) in [5, 5.41) is 0. The predicted molar refractivity (Wildman–Crippen MR) is 67.5 cm³/mol. The first kappa shape index (κ1) is 12.5. The lowest BCUT2D eigenvalue weighted by Gasteiger charge is -2.26. The van der Waals surface area contributed by atoms with E-state index >= 15 is 0 Å². The molecule has 1 aliphatic rings. The molecule has 17 heavy (non-hydrogen) atoms. The van der Waals surface area contributed by atoms with Crippen LogP contribution in [0.3, 0.4) is 0 Å². The fourth-order valence-electron chi connectivity index (χ4n) is 1.72. The van der Waals surface area contributed by atoms with Crippen LogP contribution in [-0.2, 0) is 20.8 Å². The molecule has 0 amide bonds. The van der Waals surface area contributed by atoms with Crippen LogP contribution in [0.25, 0.3) is 0 Å². The molecular weight excluding hydrogens is 260 g/mol. The van der Waals surface area contributed by atoms with Gasteiger partial charge in [-0.25, -0.2) is 8.42 Å². The molecule has 7 heteroatoms. The number of hydrogen-bond acceptors (Lipinski definition) is 4. The van der Waals surface area contributed by atoms with E-state index in [9.17, 15) is 12.6 Å². The first-order valence-electron chi connectivity index (χ1n) is 5.21. The van der Waals surface area contributed by atoms with E-state index in [4.69, 9.17) is 5.73 Å². The smallest absolute Gasteiger partial charge is 0.245 e. The molecule has 0 aromatic heterocycles. The van der Waals surface area contributed by atoms with Crippen LogP contribution in [0.5, 0.6) is 0 Å². The third-order valence-electron chi connectivity index (χ3n) is 2.67. The number of anilines is 1. The average molecular weight is 274 g/mol. The van der Waals surface area contributed by atoms with Gasteiger partial charge < -0.3 is 5.73 Å². The Hall–Kier alpha value is -0.920. The lowest BCUT2D eigenvalue weighted by molar-refractivity contribution is 0.439. The van der Waals surface area contributed by atoms with Crippen LogP contribution < -0.4 is 5.73 Å². The molecule has 1 fully saturated rings. The molecule has 1 saturated heterocycles. The monoisotopic (exact) mass is 274 g/mol. The fraction of sp³-hybridized carbons (Fsp3) is 0.400. The van der Waals surface area contributed by atoms with Crippen LogP contribution in [0, 0.1) is 0 Å². The van der Waals surface area contributed by atoms with Gasteiger partial charge in [-0.05, 0) is 12.1 Å². The van der Waals surface area contributed by atoms with Gasteiger partial charge in [0.15, 0.2) is 0 Å². The summed E-state index contributed by atoms with van der Waals surface area (Å²) >= 11 is 0. The van der Waals surface area contributed by atoms with E-state index < -0.39 is 20.8 Å². The van der Waals surface area contributed by atoms with Gasteiger partial charge >= 0.3 is 0 Å². The quantitative estimate of drug-likeness (QED) is 0.771. The van der Waals surface area contributed by atoms with Crippen molar-refractivity contribution in [2.75, 3.05) is 30.3 Å². The van der Waals surface area contributed by atoms with E-state index in [1.165, 1.54) is 10.4 Å². The summed E-state index contributed by atoms with van der Waals surface area (Å²) in [5.74, 6) is 0.790. The second-order valence-electron chi connectivity index (χ2n) is 3.79.